The molecule has 0 aliphatic heterocycles. The van der Waals surface area contributed by atoms with Crippen molar-refractivity contribution in [1.29, 1.82) is 0 Å². The van der Waals surface area contributed by atoms with Gasteiger partial charge in [0.15, 0.2) is 5.11 Å². The summed E-state index contributed by atoms with van der Waals surface area (Å²) in [4.78, 5) is 20.6. The summed E-state index contributed by atoms with van der Waals surface area (Å²) < 4.78 is 14.5. The van der Waals surface area contributed by atoms with Crippen molar-refractivity contribution in [3.8, 4) is 0 Å². The van der Waals surface area contributed by atoms with Crippen molar-refractivity contribution in [2.24, 2.45) is 0 Å². The molecule has 10 heteroatoms. The van der Waals surface area contributed by atoms with Gasteiger partial charge in [0.05, 0.1) is 6.42 Å². The summed E-state index contributed by atoms with van der Waals surface area (Å²) in [7, 11) is 0. The highest BCUT2D eigenvalue weighted by Gasteiger charge is 2.14. The second-order valence-corrected chi connectivity index (χ2v) is 6.30. The number of fused-ring (bicyclic) bond motifs is 1. The molecule has 8 nitrogen and oxygen atoms in total. The molecule has 0 unspecified atom stereocenters. The molecule has 0 aliphatic rings. The number of aromatic nitrogens is 4. The highest BCUT2D eigenvalue weighted by atomic mass is 32.1. The van der Waals surface area contributed by atoms with E-state index in [9.17, 15) is 9.18 Å². The summed E-state index contributed by atoms with van der Waals surface area (Å²) in [6.45, 7) is 4.10. The highest BCUT2D eigenvalue weighted by Crippen LogP contribution is 2.13. The number of carbonyl (C=O) groups is 1. The van der Waals surface area contributed by atoms with Crippen LogP contribution in [-0.2, 0) is 17.8 Å². The number of halogens is 1. The summed E-state index contributed by atoms with van der Waals surface area (Å²) in [5.74, 6) is -0.0669. The Bertz CT molecular complexity index is 987. The molecule has 3 N–H and O–H groups in total. The Hall–Kier alpha value is -3.14. The number of amides is 1. The molecule has 0 radical (unpaired) electrons. The fourth-order valence-corrected chi connectivity index (χ4v) is 2.69. The van der Waals surface area contributed by atoms with Crippen molar-refractivity contribution in [2.75, 3.05) is 0 Å². The van der Waals surface area contributed by atoms with Gasteiger partial charge in [-0.1, -0.05) is 12.1 Å². The number of hydrogen-bond donors (Lipinski definition) is 3. The van der Waals surface area contributed by atoms with Gasteiger partial charge in [-0.2, -0.15) is 10.1 Å². The molecule has 140 valence electrons. The summed E-state index contributed by atoms with van der Waals surface area (Å²) in [5, 5.41) is 7.29. The third-order valence-electron chi connectivity index (χ3n) is 4.01. The van der Waals surface area contributed by atoms with Crippen molar-refractivity contribution in [3.05, 3.63) is 58.9 Å². The number of aryl methyl sites for hydroxylation is 2. The Morgan fingerprint density at radius 2 is 1.96 bits per heavy atom. The van der Waals surface area contributed by atoms with Crippen molar-refractivity contribution in [1.82, 2.24) is 35.8 Å². The van der Waals surface area contributed by atoms with Crippen molar-refractivity contribution >= 4 is 29.0 Å². The first-order valence-electron chi connectivity index (χ1n) is 8.17. The smallest absolute Gasteiger partial charge is 0.252 e. The van der Waals surface area contributed by atoms with E-state index >= 15 is 0 Å². The van der Waals surface area contributed by atoms with E-state index in [0.717, 1.165) is 22.5 Å². The fourth-order valence-electron chi connectivity index (χ4n) is 2.57. The number of hydrogen-bond acceptors (Lipinski definition) is 5. The standard InChI is InChI=1S/C17H18FN7OS/c1-10-14(11(2)25-16(22-10)20-9-21-25)7-15(26)23-24-17(27)19-8-12-3-5-13(18)6-4-12/h3-6,9H,7-8H2,1-2H3,(H,23,26)(H2,19,24,27). The van der Waals surface area contributed by atoms with Crippen LogP contribution < -0.4 is 16.2 Å². The molecule has 0 spiro atoms. The van der Waals surface area contributed by atoms with E-state index in [-0.39, 0.29) is 23.3 Å². The van der Waals surface area contributed by atoms with E-state index < -0.39 is 0 Å². The monoisotopic (exact) mass is 387 g/mol. The summed E-state index contributed by atoms with van der Waals surface area (Å²) >= 11 is 5.12. The molecule has 1 aromatic carbocycles. The highest BCUT2D eigenvalue weighted by molar-refractivity contribution is 7.80. The molecule has 3 rings (SSSR count). The fraction of sp³-hybridized carbons (Fsp3) is 0.235. The van der Waals surface area contributed by atoms with Crippen LogP contribution in [0, 0.1) is 19.7 Å². The van der Waals surface area contributed by atoms with Gasteiger partial charge < -0.3 is 5.32 Å². The molecular weight excluding hydrogens is 369 g/mol. The molecule has 0 saturated heterocycles. The van der Waals surface area contributed by atoms with Gasteiger partial charge in [0.2, 0.25) is 5.91 Å². The maximum atomic E-state index is 12.9. The molecule has 3 aromatic rings. The molecule has 0 atom stereocenters. The molecular formula is C17H18FN7OS. The van der Waals surface area contributed by atoms with Crippen LogP contribution in [0.1, 0.15) is 22.5 Å². The summed E-state index contributed by atoms with van der Waals surface area (Å²) in [6, 6.07) is 6.06. The zero-order valence-corrected chi connectivity index (χ0v) is 15.6. The van der Waals surface area contributed by atoms with Gasteiger partial charge in [0, 0.05) is 23.5 Å². The minimum absolute atomic E-state index is 0.119. The first kappa shape index (κ1) is 18.6. The van der Waals surface area contributed by atoms with Crippen LogP contribution in [0.4, 0.5) is 4.39 Å². The van der Waals surface area contributed by atoms with E-state index in [2.05, 4.69) is 31.2 Å². The second-order valence-electron chi connectivity index (χ2n) is 5.89. The van der Waals surface area contributed by atoms with Gasteiger partial charge in [0.25, 0.3) is 5.78 Å². The Morgan fingerprint density at radius 3 is 2.70 bits per heavy atom. The Labute approximate surface area is 160 Å². The SMILES string of the molecule is Cc1nc2ncnn2c(C)c1CC(=O)NNC(=S)NCc1ccc(F)cc1. The maximum absolute atomic E-state index is 12.9. The first-order valence-corrected chi connectivity index (χ1v) is 8.58. The lowest BCUT2D eigenvalue weighted by Gasteiger charge is -2.13. The number of nitrogens with zero attached hydrogens (tertiary/aromatic N) is 4. The van der Waals surface area contributed by atoms with Crippen LogP contribution in [0.25, 0.3) is 5.78 Å². The molecule has 0 fully saturated rings. The van der Waals surface area contributed by atoms with E-state index in [1.54, 1.807) is 16.6 Å². The van der Waals surface area contributed by atoms with E-state index in [1.807, 2.05) is 13.8 Å². The van der Waals surface area contributed by atoms with Crippen molar-refractivity contribution in [2.45, 2.75) is 26.8 Å². The average molecular weight is 387 g/mol. The lowest BCUT2D eigenvalue weighted by atomic mass is 10.1. The normalized spacial score (nSPS) is 10.6. The first-order chi connectivity index (χ1) is 12.9. The second kappa shape index (κ2) is 8.04. The minimum atomic E-state index is -0.295. The lowest BCUT2D eigenvalue weighted by molar-refractivity contribution is -0.121. The van der Waals surface area contributed by atoms with Crippen LogP contribution in [0.2, 0.25) is 0 Å². The average Bonchev–Trinajstić information content (AvgIpc) is 3.11. The topological polar surface area (TPSA) is 96.2 Å². The molecule has 0 bridgehead atoms. The van der Waals surface area contributed by atoms with Crippen LogP contribution in [0.5, 0.6) is 0 Å². The number of thiocarbonyl (C=S) groups is 1. The predicted molar refractivity (Wildman–Crippen MR) is 101 cm³/mol. The van der Waals surface area contributed by atoms with E-state index in [0.29, 0.717) is 12.3 Å². The molecule has 0 saturated carbocycles. The summed E-state index contributed by atoms with van der Waals surface area (Å²) in [5.41, 5.74) is 8.37. The molecule has 1 amide bonds. The molecule has 2 heterocycles. The Morgan fingerprint density at radius 1 is 1.22 bits per heavy atom. The van der Waals surface area contributed by atoms with Gasteiger partial charge >= 0.3 is 0 Å². The lowest BCUT2D eigenvalue weighted by Crippen LogP contribution is -2.47. The maximum Gasteiger partial charge on any atom is 0.252 e. The van der Waals surface area contributed by atoms with E-state index in [1.165, 1.54) is 18.5 Å². The van der Waals surface area contributed by atoms with Gasteiger partial charge in [-0.15, -0.1) is 0 Å². The molecule has 27 heavy (non-hydrogen) atoms. The Balaban J connectivity index is 1.52. The zero-order valence-electron chi connectivity index (χ0n) is 14.8. The number of carbonyl (C=O) groups excluding carboxylic acids is 1. The Kier molecular flexibility index (Phi) is 5.55. The third-order valence-corrected chi connectivity index (χ3v) is 4.25. The largest absolute Gasteiger partial charge is 0.357 e. The van der Waals surface area contributed by atoms with Gasteiger partial charge in [-0.25, -0.2) is 13.9 Å². The molecule has 2 aromatic heterocycles. The number of rotatable bonds is 4. The van der Waals surface area contributed by atoms with Crippen LogP contribution in [-0.4, -0.2) is 30.6 Å². The van der Waals surface area contributed by atoms with Gasteiger partial charge in [-0.3, -0.25) is 15.6 Å². The van der Waals surface area contributed by atoms with Crippen molar-refractivity contribution in [3.63, 3.8) is 0 Å². The molecule has 0 aliphatic carbocycles. The zero-order chi connectivity index (χ0) is 19.4. The number of benzene rings is 1. The summed E-state index contributed by atoms with van der Waals surface area (Å²) in [6.07, 6.45) is 1.54. The number of hydrazine groups is 1. The predicted octanol–water partition coefficient (Wildman–Crippen LogP) is 1.12. The van der Waals surface area contributed by atoms with Crippen LogP contribution in [0.15, 0.2) is 30.6 Å². The van der Waals surface area contributed by atoms with Crippen LogP contribution >= 0.6 is 12.2 Å². The van der Waals surface area contributed by atoms with Gasteiger partial charge in [-0.05, 0) is 43.8 Å². The van der Waals surface area contributed by atoms with Crippen molar-refractivity contribution < 1.29 is 9.18 Å². The quantitative estimate of drug-likeness (QED) is 0.456. The van der Waals surface area contributed by atoms with Crippen LogP contribution in [0.3, 0.4) is 0 Å². The van der Waals surface area contributed by atoms with Gasteiger partial charge in [0.1, 0.15) is 12.1 Å². The van der Waals surface area contributed by atoms with E-state index in [4.69, 9.17) is 12.2 Å². The third kappa shape index (κ3) is 4.53. The minimum Gasteiger partial charge on any atom is -0.357 e. The number of nitrogens with one attached hydrogen (secondary N) is 3.